The third-order valence-corrected chi connectivity index (χ3v) is 1.77. The molecule has 0 aliphatic rings. The Labute approximate surface area is 82.0 Å². The monoisotopic (exact) mass is 198 g/mol. The van der Waals surface area contributed by atoms with Crippen molar-refractivity contribution in [1.29, 1.82) is 0 Å². The largest absolute Gasteiger partial charge is 0.491 e. The number of halogens is 2. The first-order chi connectivity index (χ1) is 6.54. The Hall–Kier alpha value is -1.38. The summed E-state index contributed by atoms with van der Waals surface area (Å²) in [6.07, 6.45) is 0.470. The second-order valence-electron chi connectivity index (χ2n) is 3.23. The van der Waals surface area contributed by atoms with Gasteiger partial charge in [-0.1, -0.05) is 12.2 Å². The van der Waals surface area contributed by atoms with Crippen LogP contribution in [0.25, 0.3) is 0 Å². The topological polar surface area (TPSA) is 9.23 Å². The van der Waals surface area contributed by atoms with E-state index in [0.29, 0.717) is 12.0 Å². The Morgan fingerprint density at radius 1 is 1.36 bits per heavy atom. The van der Waals surface area contributed by atoms with Gasteiger partial charge in [0.1, 0.15) is 0 Å². The van der Waals surface area contributed by atoms with Crippen molar-refractivity contribution < 1.29 is 13.5 Å². The van der Waals surface area contributed by atoms with Gasteiger partial charge in [0.25, 0.3) is 0 Å². The van der Waals surface area contributed by atoms with Crippen LogP contribution in [-0.2, 0) is 6.42 Å². The maximum Gasteiger partial charge on any atom is 0.190 e. The fourth-order valence-corrected chi connectivity index (χ4v) is 1.26. The molecule has 76 valence electrons. The minimum Gasteiger partial charge on any atom is -0.491 e. The molecule has 0 N–H and O–H groups in total. The highest BCUT2D eigenvalue weighted by atomic mass is 19.1. The van der Waals surface area contributed by atoms with E-state index in [1.807, 2.05) is 0 Å². The zero-order chi connectivity index (χ0) is 10.7. The Kier molecular flexibility index (Phi) is 3.23. The highest BCUT2D eigenvalue weighted by molar-refractivity contribution is 5.32. The molecule has 0 atom stereocenters. The van der Waals surface area contributed by atoms with Gasteiger partial charge in [0.05, 0.1) is 7.11 Å². The number of allylic oxidation sites excluding steroid dienone is 1. The van der Waals surface area contributed by atoms with Crippen LogP contribution in [0.3, 0.4) is 0 Å². The Bertz CT molecular complexity index is 335. The van der Waals surface area contributed by atoms with E-state index in [4.69, 9.17) is 0 Å². The maximum atomic E-state index is 13.2. The van der Waals surface area contributed by atoms with Gasteiger partial charge in [0, 0.05) is 0 Å². The summed E-state index contributed by atoms with van der Waals surface area (Å²) in [5.41, 5.74) is 1.42. The summed E-state index contributed by atoms with van der Waals surface area (Å²) < 4.78 is 30.9. The summed E-state index contributed by atoms with van der Waals surface area (Å²) >= 11 is 0. The minimum atomic E-state index is -0.677. The summed E-state index contributed by atoms with van der Waals surface area (Å²) in [7, 11) is 1.24. The summed E-state index contributed by atoms with van der Waals surface area (Å²) in [5.74, 6) is -1.69. The fourth-order valence-electron chi connectivity index (χ4n) is 1.26. The smallest absolute Gasteiger partial charge is 0.190 e. The van der Waals surface area contributed by atoms with E-state index in [9.17, 15) is 8.78 Å². The Morgan fingerprint density at radius 3 is 2.21 bits per heavy atom. The fraction of sp³-hybridized carbons (Fsp3) is 0.273. The predicted molar refractivity (Wildman–Crippen MR) is 51.4 cm³/mol. The zero-order valence-corrected chi connectivity index (χ0v) is 8.23. The summed E-state index contributed by atoms with van der Waals surface area (Å²) in [4.78, 5) is 0. The summed E-state index contributed by atoms with van der Waals surface area (Å²) in [5, 5.41) is 0. The van der Waals surface area contributed by atoms with Gasteiger partial charge in [-0.2, -0.15) is 0 Å². The molecule has 0 aromatic heterocycles. The third kappa shape index (κ3) is 2.31. The first kappa shape index (κ1) is 10.7. The quantitative estimate of drug-likeness (QED) is 0.678. The average molecular weight is 198 g/mol. The molecule has 0 spiro atoms. The lowest BCUT2D eigenvalue weighted by atomic mass is 10.1. The number of hydrogen-bond acceptors (Lipinski definition) is 1. The SMILES string of the molecule is C=C(C)Cc1cc(F)c(OC)c(F)c1. The van der Waals surface area contributed by atoms with E-state index >= 15 is 0 Å². The van der Waals surface area contributed by atoms with Gasteiger partial charge in [-0.25, -0.2) is 8.78 Å². The Morgan fingerprint density at radius 2 is 1.86 bits per heavy atom. The summed E-state index contributed by atoms with van der Waals surface area (Å²) in [6, 6.07) is 2.52. The molecule has 0 heterocycles. The van der Waals surface area contributed by atoms with Crippen molar-refractivity contribution in [3.63, 3.8) is 0 Å². The van der Waals surface area contributed by atoms with E-state index in [0.717, 1.165) is 5.57 Å². The molecule has 0 unspecified atom stereocenters. The van der Waals surface area contributed by atoms with Crippen LogP contribution in [0.5, 0.6) is 5.75 Å². The zero-order valence-electron chi connectivity index (χ0n) is 8.23. The number of ether oxygens (including phenoxy) is 1. The van der Waals surface area contributed by atoms with Gasteiger partial charge >= 0.3 is 0 Å². The molecule has 0 radical (unpaired) electrons. The van der Waals surface area contributed by atoms with Crippen molar-refractivity contribution in [2.24, 2.45) is 0 Å². The molecule has 3 heteroatoms. The highest BCUT2D eigenvalue weighted by Gasteiger charge is 2.10. The molecule has 0 fully saturated rings. The van der Waals surface area contributed by atoms with Crippen LogP contribution in [0.1, 0.15) is 12.5 Å². The Balaban J connectivity index is 3.07. The van der Waals surface area contributed by atoms with E-state index in [1.54, 1.807) is 6.92 Å². The van der Waals surface area contributed by atoms with Crippen molar-refractivity contribution in [2.45, 2.75) is 13.3 Å². The van der Waals surface area contributed by atoms with Gasteiger partial charge < -0.3 is 4.74 Å². The lowest BCUT2D eigenvalue weighted by molar-refractivity contribution is 0.359. The molecule has 1 aromatic carbocycles. The van der Waals surface area contributed by atoms with Crippen molar-refractivity contribution in [2.75, 3.05) is 7.11 Å². The van der Waals surface area contributed by atoms with Gasteiger partial charge in [0.2, 0.25) is 0 Å². The molecular weight excluding hydrogens is 186 g/mol. The second-order valence-corrected chi connectivity index (χ2v) is 3.23. The van der Waals surface area contributed by atoms with Crippen LogP contribution in [-0.4, -0.2) is 7.11 Å². The summed E-state index contributed by atoms with van der Waals surface area (Å²) in [6.45, 7) is 5.48. The molecular formula is C11H12F2O. The first-order valence-electron chi connectivity index (χ1n) is 4.21. The number of rotatable bonds is 3. The molecule has 1 nitrogen and oxygen atoms in total. The molecule has 1 aromatic rings. The first-order valence-corrected chi connectivity index (χ1v) is 4.21. The van der Waals surface area contributed by atoms with Gasteiger partial charge in [-0.15, -0.1) is 0 Å². The van der Waals surface area contributed by atoms with Gasteiger partial charge in [0.15, 0.2) is 17.4 Å². The van der Waals surface area contributed by atoms with Crippen LogP contribution in [0, 0.1) is 11.6 Å². The molecule has 0 aliphatic heterocycles. The van der Waals surface area contributed by atoms with Gasteiger partial charge in [-0.05, 0) is 31.0 Å². The molecule has 0 bridgehead atoms. The molecule has 14 heavy (non-hydrogen) atoms. The lowest BCUT2D eigenvalue weighted by Gasteiger charge is -2.06. The lowest BCUT2D eigenvalue weighted by Crippen LogP contribution is -1.96. The van der Waals surface area contributed by atoms with Crippen molar-refractivity contribution in [3.05, 3.63) is 41.5 Å². The normalized spacial score (nSPS) is 10.0. The molecule has 0 aliphatic carbocycles. The second kappa shape index (κ2) is 4.22. The van der Waals surface area contributed by atoms with E-state index in [2.05, 4.69) is 11.3 Å². The number of methoxy groups -OCH3 is 1. The van der Waals surface area contributed by atoms with Crippen molar-refractivity contribution >= 4 is 0 Å². The van der Waals surface area contributed by atoms with Gasteiger partial charge in [-0.3, -0.25) is 0 Å². The van der Waals surface area contributed by atoms with Crippen LogP contribution in [0.4, 0.5) is 8.78 Å². The third-order valence-electron chi connectivity index (χ3n) is 1.77. The van der Waals surface area contributed by atoms with Crippen LogP contribution >= 0.6 is 0 Å². The standard InChI is InChI=1S/C11H12F2O/c1-7(2)4-8-5-9(12)11(14-3)10(13)6-8/h5-6H,1,4H2,2-3H3. The van der Waals surface area contributed by atoms with Crippen LogP contribution in [0.2, 0.25) is 0 Å². The van der Waals surface area contributed by atoms with E-state index < -0.39 is 11.6 Å². The maximum absolute atomic E-state index is 13.2. The average Bonchev–Trinajstić information content (AvgIpc) is 2.01. The van der Waals surface area contributed by atoms with Crippen LogP contribution < -0.4 is 4.74 Å². The van der Waals surface area contributed by atoms with Crippen molar-refractivity contribution in [1.82, 2.24) is 0 Å². The molecule has 0 saturated carbocycles. The molecule has 0 saturated heterocycles. The highest BCUT2D eigenvalue weighted by Crippen LogP contribution is 2.23. The molecule has 1 rings (SSSR count). The van der Waals surface area contributed by atoms with E-state index in [1.165, 1.54) is 19.2 Å². The minimum absolute atomic E-state index is 0.338. The van der Waals surface area contributed by atoms with E-state index in [-0.39, 0.29) is 5.75 Å². The molecule has 0 amide bonds. The predicted octanol–water partition coefficient (Wildman–Crippen LogP) is 3.09. The van der Waals surface area contributed by atoms with Crippen LogP contribution in [0.15, 0.2) is 24.3 Å². The number of hydrogen-bond donors (Lipinski definition) is 0. The number of benzene rings is 1. The van der Waals surface area contributed by atoms with Crippen molar-refractivity contribution in [3.8, 4) is 5.75 Å².